The van der Waals surface area contributed by atoms with Gasteiger partial charge in [-0.05, 0) is 37.5 Å². The van der Waals surface area contributed by atoms with E-state index >= 15 is 0 Å². The Balaban J connectivity index is 0.000000360. The molecule has 1 aromatic rings. The molecule has 0 aliphatic rings. The fourth-order valence-corrected chi connectivity index (χ4v) is 1.64. The Kier molecular flexibility index (Phi) is 9.00. The van der Waals surface area contributed by atoms with Crippen molar-refractivity contribution in [2.45, 2.75) is 41.0 Å². The van der Waals surface area contributed by atoms with Gasteiger partial charge in [-0.15, -0.1) is 0 Å². The van der Waals surface area contributed by atoms with E-state index in [0.29, 0.717) is 10.3 Å². The van der Waals surface area contributed by atoms with Crippen LogP contribution in [0.5, 0.6) is 0 Å². The van der Waals surface area contributed by atoms with Gasteiger partial charge in [0.1, 0.15) is 0 Å². The van der Waals surface area contributed by atoms with Crippen molar-refractivity contribution in [3.05, 3.63) is 41.5 Å². The zero-order chi connectivity index (χ0) is 14.1. The predicted octanol–water partition coefficient (Wildman–Crippen LogP) is 4.50. The third-order valence-electron chi connectivity index (χ3n) is 3.06. The van der Waals surface area contributed by atoms with Crippen LogP contribution < -0.4 is 0 Å². The number of aryl methyl sites for hydroxylation is 1. The Bertz CT molecular complexity index is 407. The van der Waals surface area contributed by atoms with Crippen LogP contribution in [0.1, 0.15) is 45.2 Å². The molecule has 99 valence electrons. The summed E-state index contributed by atoms with van der Waals surface area (Å²) >= 11 is 2.15. The normalized spacial score (nSPS) is 12.4. The topological polar surface area (TPSA) is 20.2 Å². The Morgan fingerprint density at radius 3 is 2.28 bits per heavy atom. The zero-order valence-corrected chi connectivity index (χ0v) is 13.5. The van der Waals surface area contributed by atoms with Crippen LogP contribution in [0.4, 0.5) is 0 Å². The Morgan fingerprint density at radius 2 is 1.94 bits per heavy atom. The molecule has 0 heterocycles. The molecule has 0 aliphatic heterocycles. The molecule has 1 rings (SSSR count). The number of benzene rings is 1. The third kappa shape index (κ3) is 6.35. The molecule has 1 unspecified atom stereocenters. The third-order valence-corrected chi connectivity index (χ3v) is 3.74. The molecular weight excluding hydrogens is 259 g/mol. The SMILES string of the molecule is C/C=C(/C)c1ccccc1C.CCC(C)[C](O)=[V]. The van der Waals surface area contributed by atoms with Crippen LogP contribution in [-0.4, -0.2) is 9.52 Å². The maximum atomic E-state index is 8.71. The van der Waals surface area contributed by atoms with Gasteiger partial charge in [0.2, 0.25) is 0 Å². The van der Waals surface area contributed by atoms with E-state index < -0.39 is 0 Å². The van der Waals surface area contributed by atoms with Crippen molar-refractivity contribution >= 4 is 9.99 Å². The monoisotopic (exact) mass is 283 g/mol. The number of aliphatic hydroxyl groups excluding tert-OH is 1. The molecule has 0 fully saturated rings. The first-order chi connectivity index (χ1) is 8.43. The van der Waals surface area contributed by atoms with Crippen LogP contribution in [0.3, 0.4) is 0 Å². The van der Waals surface area contributed by atoms with Crippen molar-refractivity contribution in [1.82, 2.24) is 0 Å². The van der Waals surface area contributed by atoms with Gasteiger partial charge in [0.15, 0.2) is 0 Å². The van der Waals surface area contributed by atoms with Gasteiger partial charge in [-0.1, -0.05) is 30.3 Å². The minimum absolute atomic E-state index is 0.347. The maximum absolute atomic E-state index is 8.71. The fraction of sp³-hybridized carbons (Fsp3) is 0.438. The van der Waals surface area contributed by atoms with Gasteiger partial charge in [0, 0.05) is 0 Å². The van der Waals surface area contributed by atoms with Gasteiger partial charge in [0.05, 0.1) is 0 Å². The van der Waals surface area contributed by atoms with Gasteiger partial charge >= 0.3 is 52.7 Å². The van der Waals surface area contributed by atoms with Gasteiger partial charge in [0.25, 0.3) is 0 Å². The molecule has 0 spiro atoms. The summed E-state index contributed by atoms with van der Waals surface area (Å²) in [5.74, 6) is 0.347. The number of hydrogen-bond acceptors (Lipinski definition) is 1. The molecule has 1 aromatic carbocycles. The van der Waals surface area contributed by atoms with E-state index in [1.807, 2.05) is 13.8 Å². The van der Waals surface area contributed by atoms with Crippen LogP contribution >= 0.6 is 0 Å². The van der Waals surface area contributed by atoms with E-state index in [1.54, 1.807) is 0 Å². The molecule has 0 radical (unpaired) electrons. The molecule has 1 nitrogen and oxygen atoms in total. The van der Waals surface area contributed by atoms with E-state index in [4.69, 9.17) is 5.11 Å². The van der Waals surface area contributed by atoms with Crippen molar-refractivity contribution in [2.24, 2.45) is 5.92 Å². The van der Waals surface area contributed by atoms with Crippen molar-refractivity contribution in [3.63, 3.8) is 0 Å². The number of hydrogen-bond donors (Lipinski definition) is 1. The molecular formula is C16H24OV. The Labute approximate surface area is 120 Å². The average molecular weight is 283 g/mol. The van der Waals surface area contributed by atoms with Gasteiger partial charge in [-0.2, -0.15) is 0 Å². The van der Waals surface area contributed by atoms with Crippen molar-refractivity contribution in [1.29, 1.82) is 0 Å². The summed E-state index contributed by atoms with van der Waals surface area (Å²) < 4.78 is 0.481. The first-order valence-corrected chi connectivity index (χ1v) is 7.07. The molecule has 1 atom stereocenters. The molecule has 18 heavy (non-hydrogen) atoms. The van der Waals surface area contributed by atoms with E-state index in [9.17, 15) is 0 Å². The number of aliphatic hydroxyl groups is 1. The summed E-state index contributed by atoms with van der Waals surface area (Å²) in [4.78, 5) is 0. The molecule has 0 aromatic heterocycles. The van der Waals surface area contributed by atoms with E-state index in [0.717, 1.165) is 6.42 Å². The van der Waals surface area contributed by atoms with Gasteiger partial charge in [-0.3, -0.25) is 0 Å². The van der Waals surface area contributed by atoms with Crippen LogP contribution in [0.2, 0.25) is 0 Å². The predicted molar refractivity (Wildman–Crippen MR) is 76.9 cm³/mol. The quantitative estimate of drug-likeness (QED) is 0.866. The molecule has 2 heteroatoms. The summed E-state index contributed by atoms with van der Waals surface area (Å²) in [6.07, 6.45) is 3.16. The number of allylic oxidation sites excluding steroid dienone is 2. The first kappa shape index (κ1) is 17.4. The molecule has 0 aliphatic carbocycles. The second-order valence-corrected chi connectivity index (χ2v) is 5.17. The molecule has 1 N–H and O–H groups in total. The second-order valence-electron chi connectivity index (χ2n) is 4.45. The minimum atomic E-state index is 0.347. The van der Waals surface area contributed by atoms with E-state index in [1.165, 1.54) is 16.7 Å². The standard InChI is InChI=1S/C11H14.C5H10O.V/c1-4-9(2)11-8-6-5-7-10(11)3;1-3-5(2)4-6;/h4-8H,1-3H3;5-6H,3H2,1-2H3;/b9-4-;;. The molecule has 0 saturated carbocycles. The van der Waals surface area contributed by atoms with Crippen molar-refractivity contribution in [2.75, 3.05) is 0 Å². The zero-order valence-electron chi connectivity index (χ0n) is 12.1. The van der Waals surface area contributed by atoms with Gasteiger partial charge in [-0.25, -0.2) is 0 Å². The van der Waals surface area contributed by atoms with E-state index in [2.05, 4.69) is 68.1 Å². The van der Waals surface area contributed by atoms with Crippen LogP contribution in [0.15, 0.2) is 30.3 Å². The van der Waals surface area contributed by atoms with Crippen LogP contribution in [-0.2, 0) is 17.0 Å². The summed E-state index contributed by atoms with van der Waals surface area (Å²) in [5.41, 5.74) is 4.06. The summed E-state index contributed by atoms with van der Waals surface area (Å²) in [7, 11) is 0. The van der Waals surface area contributed by atoms with Crippen LogP contribution in [0.25, 0.3) is 5.57 Å². The molecule has 0 saturated heterocycles. The first-order valence-electron chi connectivity index (χ1n) is 6.37. The fourth-order valence-electron chi connectivity index (χ4n) is 1.35. The Morgan fingerprint density at radius 1 is 1.39 bits per heavy atom. The van der Waals surface area contributed by atoms with E-state index in [-0.39, 0.29) is 0 Å². The van der Waals surface area contributed by atoms with Gasteiger partial charge < -0.3 is 0 Å². The van der Waals surface area contributed by atoms with Crippen LogP contribution in [0, 0.1) is 12.8 Å². The number of rotatable bonds is 3. The average Bonchev–Trinajstić information content (AvgIpc) is 2.38. The second kappa shape index (κ2) is 9.32. The molecule has 0 amide bonds. The van der Waals surface area contributed by atoms with Crippen molar-refractivity contribution in [3.8, 4) is 0 Å². The molecule has 0 bridgehead atoms. The summed E-state index contributed by atoms with van der Waals surface area (Å²) in [6, 6.07) is 8.45. The van der Waals surface area contributed by atoms with Crippen molar-refractivity contribution < 1.29 is 22.1 Å². The Hall–Kier alpha value is -0.626. The summed E-state index contributed by atoms with van der Waals surface area (Å²) in [6.45, 7) is 10.4. The summed E-state index contributed by atoms with van der Waals surface area (Å²) in [5, 5.41) is 8.71.